The number of benzene rings is 1. The van der Waals surface area contributed by atoms with Crippen molar-refractivity contribution in [3.05, 3.63) is 51.7 Å². The van der Waals surface area contributed by atoms with Crippen LogP contribution in [0.4, 0.5) is 0 Å². The molecule has 5 heteroatoms. The first-order chi connectivity index (χ1) is 9.24. The highest BCUT2D eigenvalue weighted by atomic mass is 32.1. The molecule has 0 atom stereocenters. The highest BCUT2D eigenvalue weighted by molar-refractivity contribution is 7.12. The third-order valence-corrected chi connectivity index (χ3v) is 3.66. The van der Waals surface area contributed by atoms with Crippen LogP contribution < -0.4 is 15.8 Å². The molecule has 4 nitrogen and oxygen atoms in total. The highest BCUT2D eigenvalue weighted by Gasteiger charge is 2.13. The topological polar surface area (TPSA) is 64.3 Å². The molecule has 0 radical (unpaired) electrons. The van der Waals surface area contributed by atoms with Gasteiger partial charge in [0.15, 0.2) is 0 Å². The molecule has 0 aliphatic carbocycles. The summed E-state index contributed by atoms with van der Waals surface area (Å²) in [6.45, 7) is 1.02. The van der Waals surface area contributed by atoms with E-state index >= 15 is 0 Å². The second kappa shape index (κ2) is 6.36. The van der Waals surface area contributed by atoms with Gasteiger partial charge in [-0.1, -0.05) is 24.3 Å². The molecule has 0 saturated heterocycles. The molecule has 2 aromatic rings. The quantitative estimate of drug-likeness (QED) is 0.879. The van der Waals surface area contributed by atoms with E-state index in [0.29, 0.717) is 23.7 Å². The van der Waals surface area contributed by atoms with Crippen LogP contribution in [0.2, 0.25) is 0 Å². The van der Waals surface area contributed by atoms with Gasteiger partial charge in [0, 0.05) is 13.1 Å². The van der Waals surface area contributed by atoms with Gasteiger partial charge in [-0.15, -0.1) is 11.3 Å². The van der Waals surface area contributed by atoms with Crippen molar-refractivity contribution in [3.63, 3.8) is 0 Å². The third kappa shape index (κ3) is 3.33. The minimum Gasteiger partial charge on any atom is -0.495 e. The molecule has 0 spiro atoms. The lowest BCUT2D eigenvalue weighted by atomic mass is 10.1. The van der Waals surface area contributed by atoms with E-state index in [4.69, 9.17) is 10.5 Å². The van der Waals surface area contributed by atoms with Crippen molar-refractivity contribution in [3.8, 4) is 5.75 Å². The van der Waals surface area contributed by atoms with Gasteiger partial charge >= 0.3 is 0 Å². The summed E-state index contributed by atoms with van der Waals surface area (Å²) in [7, 11) is 1.56. The average Bonchev–Trinajstić information content (AvgIpc) is 2.93. The van der Waals surface area contributed by atoms with E-state index in [0.717, 1.165) is 11.1 Å². The molecule has 0 bridgehead atoms. The van der Waals surface area contributed by atoms with Crippen molar-refractivity contribution in [2.75, 3.05) is 7.11 Å². The summed E-state index contributed by atoms with van der Waals surface area (Å²) < 4.78 is 5.12. The molecular weight excluding hydrogens is 260 g/mol. The first kappa shape index (κ1) is 13.6. The van der Waals surface area contributed by atoms with Crippen LogP contribution in [0, 0.1) is 0 Å². The van der Waals surface area contributed by atoms with Gasteiger partial charge in [0.25, 0.3) is 5.91 Å². The van der Waals surface area contributed by atoms with Gasteiger partial charge < -0.3 is 15.8 Å². The molecule has 0 saturated carbocycles. The van der Waals surface area contributed by atoms with Gasteiger partial charge in [0.1, 0.15) is 10.6 Å². The zero-order chi connectivity index (χ0) is 13.7. The Kier molecular flexibility index (Phi) is 4.54. The van der Waals surface area contributed by atoms with E-state index in [-0.39, 0.29) is 5.91 Å². The van der Waals surface area contributed by atoms with Gasteiger partial charge in [-0.25, -0.2) is 0 Å². The number of rotatable bonds is 5. The minimum absolute atomic E-state index is 0.116. The van der Waals surface area contributed by atoms with Crippen LogP contribution in [0.15, 0.2) is 35.7 Å². The van der Waals surface area contributed by atoms with E-state index in [1.54, 1.807) is 13.2 Å². The van der Waals surface area contributed by atoms with E-state index in [1.165, 1.54) is 11.3 Å². The molecule has 0 unspecified atom stereocenters. The largest absolute Gasteiger partial charge is 0.495 e. The summed E-state index contributed by atoms with van der Waals surface area (Å²) in [5.74, 6) is 0.496. The number of hydrogen-bond donors (Lipinski definition) is 2. The molecular formula is C14H16N2O2S. The average molecular weight is 276 g/mol. The Morgan fingerprint density at radius 1 is 1.26 bits per heavy atom. The van der Waals surface area contributed by atoms with Crippen LogP contribution in [0.1, 0.15) is 20.8 Å². The number of thiophene rings is 1. The maximum absolute atomic E-state index is 12.0. The van der Waals surface area contributed by atoms with Crippen molar-refractivity contribution < 1.29 is 9.53 Å². The Morgan fingerprint density at radius 2 is 1.95 bits per heavy atom. The molecule has 100 valence electrons. The van der Waals surface area contributed by atoms with Gasteiger partial charge in [0.2, 0.25) is 0 Å². The maximum Gasteiger partial charge on any atom is 0.265 e. The van der Waals surface area contributed by atoms with Crippen LogP contribution in [0.5, 0.6) is 5.75 Å². The summed E-state index contributed by atoms with van der Waals surface area (Å²) in [5, 5.41) is 4.71. The number of nitrogens with one attached hydrogen (secondary N) is 1. The van der Waals surface area contributed by atoms with Crippen LogP contribution in [-0.4, -0.2) is 13.0 Å². The molecule has 0 fully saturated rings. The van der Waals surface area contributed by atoms with Gasteiger partial charge in [-0.3, -0.25) is 4.79 Å². The first-order valence-electron chi connectivity index (χ1n) is 5.92. The minimum atomic E-state index is -0.116. The molecule has 1 aromatic carbocycles. The summed E-state index contributed by atoms with van der Waals surface area (Å²) >= 11 is 1.37. The standard InChI is InChI=1S/C14H16N2O2S/c1-18-12-6-7-19-13(12)14(17)16-9-11-4-2-10(8-15)3-5-11/h2-7H,8-9,15H2,1H3,(H,16,17). The van der Waals surface area contributed by atoms with E-state index in [2.05, 4.69) is 5.32 Å². The van der Waals surface area contributed by atoms with Crippen molar-refractivity contribution in [1.29, 1.82) is 0 Å². The maximum atomic E-state index is 12.0. The molecule has 0 aliphatic heterocycles. The number of hydrogen-bond acceptors (Lipinski definition) is 4. The van der Waals surface area contributed by atoms with Crippen molar-refractivity contribution in [2.24, 2.45) is 5.73 Å². The number of methoxy groups -OCH3 is 1. The molecule has 0 aliphatic rings. The fraction of sp³-hybridized carbons (Fsp3) is 0.214. The van der Waals surface area contributed by atoms with Crippen LogP contribution in [0.25, 0.3) is 0 Å². The van der Waals surface area contributed by atoms with Gasteiger partial charge in [0.05, 0.1) is 7.11 Å². The Labute approximate surface area is 116 Å². The number of nitrogens with two attached hydrogens (primary N) is 1. The highest BCUT2D eigenvalue weighted by Crippen LogP contribution is 2.24. The monoisotopic (exact) mass is 276 g/mol. The number of carbonyl (C=O) groups excluding carboxylic acids is 1. The van der Waals surface area contributed by atoms with E-state index < -0.39 is 0 Å². The van der Waals surface area contributed by atoms with Crippen molar-refractivity contribution in [1.82, 2.24) is 5.32 Å². The van der Waals surface area contributed by atoms with Crippen LogP contribution in [0.3, 0.4) is 0 Å². The van der Waals surface area contributed by atoms with E-state index in [9.17, 15) is 4.79 Å². The lowest BCUT2D eigenvalue weighted by Gasteiger charge is -2.06. The Balaban J connectivity index is 1.96. The zero-order valence-electron chi connectivity index (χ0n) is 10.7. The Hall–Kier alpha value is -1.85. The van der Waals surface area contributed by atoms with Gasteiger partial charge in [-0.2, -0.15) is 0 Å². The van der Waals surface area contributed by atoms with Crippen molar-refractivity contribution in [2.45, 2.75) is 13.1 Å². The lowest BCUT2D eigenvalue weighted by Crippen LogP contribution is -2.22. The Morgan fingerprint density at radius 3 is 2.58 bits per heavy atom. The molecule has 1 amide bonds. The third-order valence-electron chi connectivity index (χ3n) is 2.77. The molecule has 1 heterocycles. The van der Waals surface area contributed by atoms with Crippen LogP contribution >= 0.6 is 11.3 Å². The van der Waals surface area contributed by atoms with Crippen LogP contribution in [-0.2, 0) is 13.1 Å². The second-order valence-electron chi connectivity index (χ2n) is 4.02. The summed E-state index contributed by atoms with van der Waals surface area (Å²) in [6, 6.07) is 9.65. The normalized spacial score (nSPS) is 10.2. The first-order valence-corrected chi connectivity index (χ1v) is 6.80. The summed E-state index contributed by atoms with van der Waals surface area (Å²) in [6.07, 6.45) is 0. The number of ether oxygens (including phenoxy) is 1. The number of carbonyl (C=O) groups is 1. The molecule has 3 N–H and O–H groups in total. The smallest absolute Gasteiger partial charge is 0.265 e. The molecule has 2 rings (SSSR count). The fourth-order valence-electron chi connectivity index (χ4n) is 1.68. The number of amides is 1. The van der Waals surface area contributed by atoms with E-state index in [1.807, 2.05) is 29.6 Å². The molecule has 19 heavy (non-hydrogen) atoms. The lowest BCUT2D eigenvalue weighted by molar-refractivity contribution is 0.0952. The second-order valence-corrected chi connectivity index (χ2v) is 4.94. The predicted octanol–water partition coefficient (Wildman–Crippen LogP) is 2.15. The summed E-state index contributed by atoms with van der Waals surface area (Å²) in [4.78, 5) is 12.6. The van der Waals surface area contributed by atoms with Gasteiger partial charge in [-0.05, 0) is 22.6 Å². The SMILES string of the molecule is COc1ccsc1C(=O)NCc1ccc(CN)cc1. The Bertz CT molecular complexity index is 549. The fourth-order valence-corrected chi connectivity index (χ4v) is 2.45. The summed E-state index contributed by atoms with van der Waals surface area (Å²) in [5.41, 5.74) is 7.66. The molecule has 1 aromatic heterocycles. The predicted molar refractivity (Wildman–Crippen MR) is 76.4 cm³/mol. The van der Waals surface area contributed by atoms with Crippen molar-refractivity contribution >= 4 is 17.2 Å². The zero-order valence-corrected chi connectivity index (χ0v) is 11.5.